The van der Waals surface area contributed by atoms with Crippen molar-refractivity contribution in [2.45, 2.75) is 39.5 Å². The van der Waals surface area contributed by atoms with Gasteiger partial charge in [0.2, 0.25) is 11.8 Å². The minimum Gasteiger partial charge on any atom is -0.385 e. The van der Waals surface area contributed by atoms with Crippen molar-refractivity contribution < 1.29 is 9.59 Å². The van der Waals surface area contributed by atoms with E-state index in [4.69, 9.17) is 0 Å². The molecule has 0 unspecified atom stereocenters. The molecule has 4 nitrogen and oxygen atoms in total. The molecule has 1 saturated heterocycles. The molecule has 106 valence electrons. The minimum atomic E-state index is -0.225. The van der Waals surface area contributed by atoms with Crippen molar-refractivity contribution in [2.75, 3.05) is 16.8 Å². The summed E-state index contributed by atoms with van der Waals surface area (Å²) in [7, 11) is 0. The van der Waals surface area contributed by atoms with E-state index in [1.54, 1.807) is 0 Å². The Labute approximate surface area is 119 Å². The van der Waals surface area contributed by atoms with Gasteiger partial charge in [0.05, 0.1) is 5.69 Å². The fraction of sp³-hybridized carbons (Fsp3) is 0.500. The van der Waals surface area contributed by atoms with Gasteiger partial charge in [-0.15, -0.1) is 0 Å². The summed E-state index contributed by atoms with van der Waals surface area (Å²) in [5.41, 5.74) is 2.79. The zero-order valence-electron chi connectivity index (χ0n) is 12.0. The molecule has 4 heteroatoms. The number of aryl methyl sites for hydroxylation is 1. The molecule has 0 atom stereocenters. The normalized spacial score (nSPS) is 21.4. The lowest BCUT2D eigenvalue weighted by atomic mass is 9.81. The molecular formula is C16H20N2O2. The van der Waals surface area contributed by atoms with Crippen LogP contribution in [0.3, 0.4) is 0 Å². The van der Waals surface area contributed by atoms with E-state index in [9.17, 15) is 9.59 Å². The van der Waals surface area contributed by atoms with Gasteiger partial charge >= 0.3 is 0 Å². The fourth-order valence-electron chi connectivity index (χ4n) is 3.05. The molecule has 2 aliphatic rings. The van der Waals surface area contributed by atoms with Crippen LogP contribution >= 0.6 is 0 Å². The van der Waals surface area contributed by atoms with E-state index in [0.717, 1.165) is 25.1 Å². The number of rotatable bonds is 1. The zero-order valence-corrected chi connectivity index (χ0v) is 12.0. The lowest BCUT2D eigenvalue weighted by Crippen LogP contribution is -2.46. The van der Waals surface area contributed by atoms with Crippen molar-refractivity contribution in [3.05, 3.63) is 23.8 Å². The number of carbonyl (C=O) groups excluding carboxylic acids is 2. The summed E-state index contributed by atoms with van der Waals surface area (Å²) in [5.74, 6) is -0.191. The second kappa shape index (κ2) is 4.62. The van der Waals surface area contributed by atoms with Crippen molar-refractivity contribution in [1.82, 2.24) is 0 Å². The number of hydrogen-bond acceptors (Lipinski definition) is 3. The van der Waals surface area contributed by atoms with E-state index in [-0.39, 0.29) is 17.2 Å². The second-order valence-corrected chi connectivity index (χ2v) is 6.51. The van der Waals surface area contributed by atoms with Crippen LogP contribution in [0.2, 0.25) is 0 Å². The third-order valence-corrected chi connectivity index (χ3v) is 4.05. The summed E-state index contributed by atoms with van der Waals surface area (Å²) in [4.78, 5) is 25.9. The van der Waals surface area contributed by atoms with Crippen molar-refractivity contribution >= 4 is 23.2 Å². The average Bonchev–Trinajstić information content (AvgIpc) is 2.36. The molecular weight excluding hydrogens is 252 g/mol. The topological polar surface area (TPSA) is 49.4 Å². The van der Waals surface area contributed by atoms with Crippen LogP contribution in [-0.4, -0.2) is 18.4 Å². The fourth-order valence-corrected chi connectivity index (χ4v) is 3.05. The van der Waals surface area contributed by atoms with Gasteiger partial charge in [-0.1, -0.05) is 19.9 Å². The van der Waals surface area contributed by atoms with Crippen molar-refractivity contribution in [1.29, 1.82) is 0 Å². The molecule has 20 heavy (non-hydrogen) atoms. The quantitative estimate of drug-likeness (QED) is 0.800. The van der Waals surface area contributed by atoms with Crippen LogP contribution in [0.5, 0.6) is 0 Å². The van der Waals surface area contributed by atoms with Crippen LogP contribution < -0.4 is 10.2 Å². The number of piperidine rings is 1. The molecule has 3 rings (SSSR count). The number of carbonyl (C=O) groups is 2. The Bertz CT molecular complexity index is 558. The number of nitrogens with zero attached hydrogens (tertiary/aromatic N) is 1. The molecule has 2 aliphatic heterocycles. The number of fused-ring (bicyclic) bond motifs is 1. The summed E-state index contributed by atoms with van der Waals surface area (Å²) in [6, 6.07) is 5.85. The van der Waals surface area contributed by atoms with Gasteiger partial charge in [-0.2, -0.15) is 0 Å². The molecule has 0 spiro atoms. The zero-order chi connectivity index (χ0) is 14.3. The maximum atomic E-state index is 12.3. The highest BCUT2D eigenvalue weighted by atomic mass is 16.2. The van der Waals surface area contributed by atoms with E-state index in [0.29, 0.717) is 18.5 Å². The van der Waals surface area contributed by atoms with Gasteiger partial charge in [0.15, 0.2) is 0 Å². The molecule has 1 N–H and O–H groups in total. The van der Waals surface area contributed by atoms with Gasteiger partial charge in [-0.05, 0) is 36.0 Å². The lowest BCUT2D eigenvalue weighted by Gasteiger charge is -2.35. The third-order valence-electron chi connectivity index (χ3n) is 4.05. The number of hydrogen-bond donors (Lipinski definition) is 1. The van der Waals surface area contributed by atoms with E-state index in [1.807, 2.05) is 32.0 Å². The Morgan fingerprint density at radius 2 is 1.85 bits per heavy atom. The summed E-state index contributed by atoms with van der Waals surface area (Å²) >= 11 is 0. The van der Waals surface area contributed by atoms with Crippen LogP contribution in [0.25, 0.3) is 0 Å². The number of nitrogens with one attached hydrogen (secondary N) is 1. The van der Waals surface area contributed by atoms with Gasteiger partial charge in [-0.3, -0.25) is 14.5 Å². The number of anilines is 2. The van der Waals surface area contributed by atoms with Crippen LogP contribution in [0.15, 0.2) is 18.2 Å². The van der Waals surface area contributed by atoms with E-state index in [1.165, 1.54) is 10.5 Å². The molecule has 2 heterocycles. The average molecular weight is 272 g/mol. The third kappa shape index (κ3) is 2.30. The van der Waals surface area contributed by atoms with Crippen molar-refractivity contribution in [2.24, 2.45) is 5.41 Å². The van der Waals surface area contributed by atoms with Crippen LogP contribution in [-0.2, 0) is 16.0 Å². The highest BCUT2D eigenvalue weighted by Crippen LogP contribution is 2.35. The maximum absolute atomic E-state index is 12.3. The molecule has 2 amide bonds. The van der Waals surface area contributed by atoms with Crippen molar-refractivity contribution in [3.63, 3.8) is 0 Å². The number of benzene rings is 1. The van der Waals surface area contributed by atoms with Gasteiger partial charge < -0.3 is 5.32 Å². The summed E-state index contributed by atoms with van der Waals surface area (Å²) < 4.78 is 0. The molecule has 1 aromatic carbocycles. The predicted molar refractivity (Wildman–Crippen MR) is 78.8 cm³/mol. The van der Waals surface area contributed by atoms with Crippen LogP contribution in [0.4, 0.5) is 11.4 Å². The maximum Gasteiger partial charge on any atom is 0.234 e. The monoisotopic (exact) mass is 272 g/mol. The first-order valence-corrected chi connectivity index (χ1v) is 7.19. The second-order valence-electron chi connectivity index (χ2n) is 6.51. The molecule has 0 saturated carbocycles. The van der Waals surface area contributed by atoms with Gasteiger partial charge in [0, 0.05) is 25.1 Å². The Morgan fingerprint density at radius 3 is 2.55 bits per heavy atom. The first kappa shape index (κ1) is 13.2. The van der Waals surface area contributed by atoms with E-state index < -0.39 is 0 Å². The molecule has 0 bridgehead atoms. The molecule has 1 fully saturated rings. The summed E-state index contributed by atoms with van der Waals surface area (Å²) in [5, 5.41) is 3.34. The highest BCUT2D eigenvalue weighted by Gasteiger charge is 2.38. The van der Waals surface area contributed by atoms with E-state index >= 15 is 0 Å². The Morgan fingerprint density at radius 1 is 1.15 bits per heavy atom. The highest BCUT2D eigenvalue weighted by molar-refractivity contribution is 6.17. The van der Waals surface area contributed by atoms with E-state index in [2.05, 4.69) is 5.32 Å². The Balaban J connectivity index is 1.93. The minimum absolute atomic E-state index is 0.0954. The largest absolute Gasteiger partial charge is 0.385 e. The molecule has 0 aliphatic carbocycles. The summed E-state index contributed by atoms with van der Waals surface area (Å²) in [6.07, 6.45) is 3.02. The number of imide groups is 1. The molecule has 0 aromatic heterocycles. The summed E-state index contributed by atoms with van der Waals surface area (Å²) in [6.45, 7) is 4.88. The van der Waals surface area contributed by atoms with Gasteiger partial charge in [0.25, 0.3) is 0 Å². The first-order chi connectivity index (χ1) is 9.46. The molecule has 1 aromatic rings. The van der Waals surface area contributed by atoms with Gasteiger partial charge in [0.1, 0.15) is 0 Å². The first-order valence-electron chi connectivity index (χ1n) is 7.19. The SMILES string of the molecule is CC1(C)CC(=O)N(c2ccc3c(c2)NCCC3)C(=O)C1. The van der Waals surface area contributed by atoms with Crippen LogP contribution in [0.1, 0.15) is 38.7 Å². The van der Waals surface area contributed by atoms with Gasteiger partial charge in [-0.25, -0.2) is 0 Å². The Kier molecular flexibility index (Phi) is 3.04. The smallest absolute Gasteiger partial charge is 0.234 e. The van der Waals surface area contributed by atoms with Crippen LogP contribution in [0, 0.1) is 5.41 Å². The molecule has 0 radical (unpaired) electrons. The Hall–Kier alpha value is -1.84. The van der Waals surface area contributed by atoms with Crippen molar-refractivity contribution in [3.8, 4) is 0 Å². The number of amides is 2. The predicted octanol–water partition coefficient (Wildman–Crippen LogP) is 2.72. The standard InChI is InChI=1S/C16H20N2O2/c1-16(2)9-14(19)18(15(20)10-16)12-6-5-11-4-3-7-17-13(11)8-12/h5-6,8,17H,3-4,7,9-10H2,1-2H3. The lowest BCUT2D eigenvalue weighted by molar-refractivity contribution is -0.132.